The molecule has 0 aliphatic heterocycles. The lowest BCUT2D eigenvalue weighted by molar-refractivity contribution is -0.133. The predicted octanol–water partition coefficient (Wildman–Crippen LogP) is 6.56. The highest BCUT2D eigenvalue weighted by Crippen LogP contribution is 2.48. The molecule has 1 saturated carbocycles. The van der Waals surface area contributed by atoms with Crippen LogP contribution in [0.1, 0.15) is 89.5 Å². The van der Waals surface area contributed by atoms with Gasteiger partial charge in [-0.3, -0.25) is 0 Å². The molecule has 1 fully saturated rings. The number of aliphatic carboxylic acids is 1. The summed E-state index contributed by atoms with van der Waals surface area (Å²) in [6.45, 7) is 15.6. The van der Waals surface area contributed by atoms with Crippen LogP contribution < -0.4 is 0 Å². The van der Waals surface area contributed by atoms with Gasteiger partial charge in [-0.05, 0) is 96.6 Å². The van der Waals surface area contributed by atoms with Gasteiger partial charge in [0.05, 0.1) is 0 Å². The summed E-state index contributed by atoms with van der Waals surface area (Å²) < 4.78 is 0. The zero-order chi connectivity index (χ0) is 20.1. The first-order valence-corrected chi connectivity index (χ1v) is 10.3. The van der Waals surface area contributed by atoms with Gasteiger partial charge in [-0.25, -0.2) is 4.79 Å². The Labute approximate surface area is 164 Å². The Morgan fingerprint density at radius 1 is 1.07 bits per heavy atom. The van der Waals surface area contributed by atoms with Crippen LogP contribution in [0.4, 0.5) is 0 Å². The first-order valence-electron chi connectivity index (χ1n) is 10.3. The summed E-state index contributed by atoms with van der Waals surface area (Å²) >= 11 is 0. The molecule has 146 valence electrons. The monoisotopic (exact) mass is 366 g/mol. The summed E-state index contributed by atoms with van der Waals surface area (Å²) in [4.78, 5) is 11.9. The third kappa shape index (κ3) is 3.51. The largest absolute Gasteiger partial charge is 0.478 e. The molecule has 3 rings (SSSR count). The zero-order valence-electron chi connectivity index (χ0n) is 18.0. The van der Waals surface area contributed by atoms with Crippen molar-refractivity contribution in [1.82, 2.24) is 0 Å². The Balaban J connectivity index is 2.20. The minimum absolute atomic E-state index is 0.149. The lowest BCUT2D eigenvalue weighted by atomic mass is 9.62. The number of carbonyl (C=O) groups is 1. The fourth-order valence-electron chi connectivity index (χ4n) is 4.74. The molecule has 0 bridgehead atoms. The van der Waals surface area contributed by atoms with Gasteiger partial charge >= 0.3 is 5.97 Å². The third-order valence-electron chi connectivity index (χ3n) is 6.80. The summed E-state index contributed by atoms with van der Waals surface area (Å²) in [7, 11) is 0. The van der Waals surface area contributed by atoms with Crippen molar-refractivity contribution in [3.63, 3.8) is 0 Å². The van der Waals surface area contributed by atoms with Crippen molar-refractivity contribution in [1.29, 1.82) is 0 Å². The van der Waals surface area contributed by atoms with E-state index in [1.807, 2.05) is 13.8 Å². The van der Waals surface area contributed by atoms with E-state index in [0.717, 1.165) is 24.0 Å². The molecule has 0 aromatic heterocycles. The van der Waals surface area contributed by atoms with Crippen molar-refractivity contribution in [2.45, 2.75) is 85.0 Å². The molecular formula is C25H34O2. The number of aryl methyl sites for hydroxylation is 1. The molecule has 1 N–H and O–H groups in total. The molecule has 0 radical (unpaired) electrons. The van der Waals surface area contributed by atoms with Gasteiger partial charge in [0.15, 0.2) is 0 Å². The van der Waals surface area contributed by atoms with Crippen molar-refractivity contribution in [2.75, 3.05) is 0 Å². The summed E-state index contributed by atoms with van der Waals surface area (Å²) in [5, 5.41) is 9.77. The van der Waals surface area contributed by atoms with Crippen molar-refractivity contribution in [3.05, 3.63) is 51.6 Å². The smallest absolute Gasteiger partial charge is 0.332 e. The highest BCUT2D eigenvalue weighted by atomic mass is 16.4. The average Bonchev–Trinajstić information content (AvgIpc) is 3.38. The fraction of sp³-hybridized carbons (Fsp3) is 0.560. The number of fused-ring (bicyclic) bond motifs is 1. The molecule has 2 heteroatoms. The van der Waals surface area contributed by atoms with Crippen molar-refractivity contribution >= 4 is 11.5 Å². The van der Waals surface area contributed by atoms with E-state index in [1.165, 1.54) is 35.1 Å². The van der Waals surface area contributed by atoms with E-state index in [2.05, 4.69) is 52.8 Å². The Morgan fingerprint density at radius 3 is 2.04 bits per heavy atom. The maximum absolute atomic E-state index is 11.9. The summed E-state index contributed by atoms with van der Waals surface area (Å²) in [5.74, 6) is -0.530. The van der Waals surface area contributed by atoms with Crippen LogP contribution >= 0.6 is 0 Å². The Kier molecular flexibility index (Phi) is 4.91. The van der Waals surface area contributed by atoms with Crippen molar-refractivity contribution in [2.24, 2.45) is 5.92 Å². The van der Waals surface area contributed by atoms with E-state index >= 15 is 0 Å². The quantitative estimate of drug-likeness (QED) is 0.484. The molecule has 1 aromatic rings. The first kappa shape index (κ1) is 19.9. The molecule has 0 heterocycles. The van der Waals surface area contributed by atoms with E-state index in [-0.39, 0.29) is 16.7 Å². The van der Waals surface area contributed by atoms with Crippen LogP contribution in [0.5, 0.6) is 0 Å². The molecule has 2 nitrogen and oxygen atoms in total. The zero-order valence-corrected chi connectivity index (χ0v) is 18.0. The van der Waals surface area contributed by atoms with Gasteiger partial charge < -0.3 is 5.11 Å². The average molecular weight is 367 g/mol. The first-order chi connectivity index (χ1) is 12.5. The minimum atomic E-state index is -0.758. The maximum atomic E-state index is 11.9. The molecule has 0 atom stereocenters. The highest BCUT2D eigenvalue weighted by Gasteiger charge is 2.38. The minimum Gasteiger partial charge on any atom is -0.478 e. The van der Waals surface area contributed by atoms with E-state index in [4.69, 9.17) is 0 Å². The van der Waals surface area contributed by atoms with Crippen LogP contribution in [0.25, 0.3) is 5.57 Å². The number of allylic oxidation sites excluding steroid dienone is 3. The van der Waals surface area contributed by atoms with Crippen LogP contribution in [0, 0.1) is 12.8 Å². The van der Waals surface area contributed by atoms with E-state index in [0.29, 0.717) is 5.57 Å². The number of carboxylic acids is 1. The predicted molar refractivity (Wildman–Crippen MR) is 113 cm³/mol. The normalized spacial score (nSPS) is 22.1. The molecule has 2 aliphatic rings. The van der Waals surface area contributed by atoms with Crippen molar-refractivity contribution < 1.29 is 9.90 Å². The van der Waals surface area contributed by atoms with Crippen LogP contribution in [0.2, 0.25) is 0 Å². The van der Waals surface area contributed by atoms with Crippen LogP contribution in [0.3, 0.4) is 0 Å². The Morgan fingerprint density at radius 2 is 1.59 bits per heavy atom. The van der Waals surface area contributed by atoms with Crippen LogP contribution in [0.15, 0.2) is 29.4 Å². The number of rotatable bonds is 4. The SMILES string of the molecule is CC=C(C(C)=C(C(=O)O)C1CC1)c1cc2c(cc1C)C(C)(C)CCC2(C)C. The lowest BCUT2D eigenvalue weighted by Gasteiger charge is -2.42. The van der Waals surface area contributed by atoms with Gasteiger partial charge in [0.1, 0.15) is 0 Å². The number of hydrogen-bond donors (Lipinski definition) is 1. The second-order valence-corrected chi connectivity index (χ2v) is 9.80. The van der Waals surface area contributed by atoms with Gasteiger partial charge in [0.25, 0.3) is 0 Å². The highest BCUT2D eigenvalue weighted by molar-refractivity contribution is 5.95. The van der Waals surface area contributed by atoms with E-state index in [1.54, 1.807) is 0 Å². The summed E-state index contributed by atoms with van der Waals surface area (Å²) in [5.41, 5.74) is 8.28. The number of carboxylic acid groups (broad SMARTS) is 1. The van der Waals surface area contributed by atoms with Gasteiger partial charge in [-0.15, -0.1) is 0 Å². The topological polar surface area (TPSA) is 37.3 Å². The molecule has 0 spiro atoms. The molecular weight excluding hydrogens is 332 g/mol. The molecule has 1 aromatic carbocycles. The van der Waals surface area contributed by atoms with Crippen LogP contribution in [-0.4, -0.2) is 11.1 Å². The lowest BCUT2D eigenvalue weighted by Crippen LogP contribution is -2.34. The van der Waals surface area contributed by atoms with E-state index in [9.17, 15) is 9.90 Å². The van der Waals surface area contributed by atoms with Crippen molar-refractivity contribution in [3.8, 4) is 0 Å². The van der Waals surface area contributed by atoms with Gasteiger partial charge in [-0.2, -0.15) is 0 Å². The number of benzene rings is 1. The molecule has 0 saturated heterocycles. The Bertz CT molecular complexity index is 845. The third-order valence-corrected chi connectivity index (χ3v) is 6.80. The van der Waals surface area contributed by atoms with Gasteiger partial charge in [0, 0.05) is 5.57 Å². The standard InChI is InChI=1S/C25H34O2/c1-8-18(16(3)22(23(26)27)17-9-10-17)19-14-21-20(13-15(19)2)24(4,5)11-12-25(21,6)7/h8,13-14,17H,9-12H2,1-7H3,(H,26,27). The summed E-state index contributed by atoms with van der Waals surface area (Å²) in [6, 6.07) is 4.72. The molecule has 27 heavy (non-hydrogen) atoms. The Hall–Kier alpha value is -1.83. The van der Waals surface area contributed by atoms with Gasteiger partial charge in [0.2, 0.25) is 0 Å². The second-order valence-electron chi connectivity index (χ2n) is 9.80. The molecule has 0 amide bonds. The second kappa shape index (κ2) is 6.65. The van der Waals surface area contributed by atoms with E-state index < -0.39 is 5.97 Å². The van der Waals surface area contributed by atoms with Crippen LogP contribution in [-0.2, 0) is 15.6 Å². The number of hydrogen-bond acceptors (Lipinski definition) is 1. The van der Waals surface area contributed by atoms with Gasteiger partial charge in [-0.1, -0.05) is 45.9 Å². The molecule has 2 aliphatic carbocycles. The molecule has 0 unspecified atom stereocenters. The summed E-state index contributed by atoms with van der Waals surface area (Å²) in [6.07, 6.45) is 6.47. The maximum Gasteiger partial charge on any atom is 0.332 e. The fourth-order valence-corrected chi connectivity index (χ4v) is 4.74.